The quantitative estimate of drug-likeness (QED) is 0.796. The summed E-state index contributed by atoms with van der Waals surface area (Å²) in [5, 5.41) is 2.99. The van der Waals surface area contributed by atoms with Gasteiger partial charge in [-0.25, -0.2) is 0 Å². The molecule has 1 aromatic rings. The summed E-state index contributed by atoms with van der Waals surface area (Å²) in [6, 6.07) is 10.6. The number of nitrogens with one attached hydrogen (secondary N) is 1. The number of nitrogens with zero attached hydrogens (tertiary/aromatic N) is 1. The van der Waals surface area contributed by atoms with Crippen molar-refractivity contribution in [1.82, 2.24) is 10.2 Å². The van der Waals surface area contributed by atoms with E-state index in [1.165, 1.54) is 12.8 Å². The number of rotatable bonds is 7. The smallest absolute Gasteiger partial charge is 0.221 e. The normalized spacial score (nSPS) is 17.8. The van der Waals surface area contributed by atoms with Crippen LogP contribution in [0.3, 0.4) is 0 Å². The summed E-state index contributed by atoms with van der Waals surface area (Å²) < 4.78 is 0. The van der Waals surface area contributed by atoms with Crippen LogP contribution in [0.25, 0.3) is 0 Å². The molecule has 0 heterocycles. The second kappa shape index (κ2) is 6.86. The maximum Gasteiger partial charge on any atom is 0.221 e. The minimum Gasteiger partial charge on any atom is -0.354 e. The molecule has 110 valence electrons. The van der Waals surface area contributed by atoms with Gasteiger partial charge in [-0.1, -0.05) is 30.3 Å². The molecule has 0 aromatic heterocycles. The van der Waals surface area contributed by atoms with Gasteiger partial charge in [0.05, 0.1) is 0 Å². The van der Waals surface area contributed by atoms with E-state index >= 15 is 0 Å². The molecule has 0 saturated heterocycles. The molecule has 4 nitrogen and oxygen atoms in total. The van der Waals surface area contributed by atoms with Gasteiger partial charge in [-0.15, -0.1) is 0 Å². The average Bonchev–Trinajstić information content (AvgIpc) is 3.29. The lowest BCUT2D eigenvalue weighted by atomic mass is 10.0. The van der Waals surface area contributed by atoms with Crippen LogP contribution in [0, 0.1) is 0 Å². The standard InChI is InChI=1S/C16H25N3O/c1-12(19(2)14-8-9-14)11-18-16(20)10-15(17)13-6-4-3-5-7-13/h3-7,12,14-15H,8-11,17H2,1-2H3,(H,18,20). The van der Waals surface area contributed by atoms with Crippen LogP contribution in [-0.4, -0.2) is 36.5 Å². The first-order valence-corrected chi connectivity index (χ1v) is 7.37. The van der Waals surface area contributed by atoms with Gasteiger partial charge in [-0.05, 0) is 32.4 Å². The van der Waals surface area contributed by atoms with Crippen molar-refractivity contribution in [3.05, 3.63) is 35.9 Å². The van der Waals surface area contributed by atoms with E-state index in [0.717, 1.165) is 5.56 Å². The number of likely N-dealkylation sites (N-methyl/N-ethyl adjacent to an activating group) is 1. The molecule has 1 aliphatic carbocycles. The number of benzene rings is 1. The van der Waals surface area contributed by atoms with Crippen LogP contribution in [0.1, 0.15) is 37.8 Å². The molecule has 1 fully saturated rings. The van der Waals surface area contributed by atoms with Gasteiger partial charge in [-0.2, -0.15) is 0 Å². The summed E-state index contributed by atoms with van der Waals surface area (Å²) in [6.07, 6.45) is 2.91. The fourth-order valence-electron chi connectivity index (χ4n) is 2.34. The minimum atomic E-state index is -0.229. The Hall–Kier alpha value is -1.39. The zero-order chi connectivity index (χ0) is 14.5. The van der Waals surface area contributed by atoms with Crippen molar-refractivity contribution in [3.63, 3.8) is 0 Å². The van der Waals surface area contributed by atoms with Crippen LogP contribution in [0.2, 0.25) is 0 Å². The van der Waals surface area contributed by atoms with Crippen molar-refractivity contribution in [3.8, 4) is 0 Å². The summed E-state index contributed by atoms with van der Waals surface area (Å²) in [5.41, 5.74) is 7.05. The molecule has 0 radical (unpaired) electrons. The highest BCUT2D eigenvalue weighted by molar-refractivity contribution is 5.76. The molecule has 0 spiro atoms. The van der Waals surface area contributed by atoms with Crippen molar-refractivity contribution in [1.29, 1.82) is 0 Å². The number of nitrogens with two attached hydrogens (primary N) is 1. The van der Waals surface area contributed by atoms with E-state index in [1.54, 1.807) is 0 Å². The van der Waals surface area contributed by atoms with Crippen molar-refractivity contribution in [2.45, 2.75) is 44.3 Å². The van der Waals surface area contributed by atoms with Gasteiger partial charge in [-0.3, -0.25) is 9.69 Å². The van der Waals surface area contributed by atoms with E-state index in [0.29, 0.717) is 25.0 Å². The number of amides is 1. The van der Waals surface area contributed by atoms with Crippen molar-refractivity contribution < 1.29 is 4.79 Å². The van der Waals surface area contributed by atoms with E-state index in [4.69, 9.17) is 5.73 Å². The third-order valence-corrected chi connectivity index (χ3v) is 4.05. The van der Waals surface area contributed by atoms with Crippen LogP contribution < -0.4 is 11.1 Å². The Morgan fingerprint density at radius 2 is 2.05 bits per heavy atom. The molecular formula is C16H25N3O. The SMILES string of the molecule is CC(CNC(=O)CC(N)c1ccccc1)N(C)C1CC1. The van der Waals surface area contributed by atoms with Crippen LogP contribution in [-0.2, 0) is 4.79 Å². The van der Waals surface area contributed by atoms with Gasteiger partial charge >= 0.3 is 0 Å². The summed E-state index contributed by atoms with van der Waals surface area (Å²) in [4.78, 5) is 14.3. The van der Waals surface area contributed by atoms with E-state index < -0.39 is 0 Å². The summed E-state index contributed by atoms with van der Waals surface area (Å²) >= 11 is 0. The topological polar surface area (TPSA) is 58.4 Å². The largest absolute Gasteiger partial charge is 0.354 e. The van der Waals surface area contributed by atoms with Gasteiger partial charge in [0, 0.05) is 31.1 Å². The predicted octanol–water partition coefficient (Wildman–Crippen LogP) is 1.68. The number of carbonyl (C=O) groups is 1. The van der Waals surface area contributed by atoms with Crippen molar-refractivity contribution in [2.75, 3.05) is 13.6 Å². The maximum absolute atomic E-state index is 11.9. The van der Waals surface area contributed by atoms with E-state index in [-0.39, 0.29) is 11.9 Å². The molecule has 1 aromatic carbocycles. The second-order valence-electron chi connectivity index (χ2n) is 5.77. The minimum absolute atomic E-state index is 0.0254. The van der Waals surface area contributed by atoms with Gasteiger partial charge in [0.15, 0.2) is 0 Å². The Bertz CT molecular complexity index is 431. The van der Waals surface area contributed by atoms with E-state index in [2.05, 4.69) is 24.2 Å². The third kappa shape index (κ3) is 4.32. The zero-order valence-electron chi connectivity index (χ0n) is 12.4. The van der Waals surface area contributed by atoms with E-state index in [1.807, 2.05) is 30.3 Å². The van der Waals surface area contributed by atoms with Crippen molar-refractivity contribution >= 4 is 5.91 Å². The number of hydrogen-bond acceptors (Lipinski definition) is 3. The van der Waals surface area contributed by atoms with Gasteiger partial charge in [0.1, 0.15) is 0 Å². The molecule has 2 unspecified atom stereocenters. The highest BCUT2D eigenvalue weighted by Crippen LogP contribution is 2.26. The summed E-state index contributed by atoms with van der Waals surface area (Å²) in [7, 11) is 2.13. The molecule has 2 rings (SSSR count). The molecule has 1 saturated carbocycles. The summed E-state index contributed by atoms with van der Waals surface area (Å²) in [5.74, 6) is 0.0254. The van der Waals surface area contributed by atoms with E-state index in [9.17, 15) is 4.79 Å². The molecule has 3 N–H and O–H groups in total. The first-order chi connectivity index (χ1) is 9.58. The fourth-order valence-corrected chi connectivity index (χ4v) is 2.34. The molecule has 1 aliphatic rings. The van der Waals surface area contributed by atoms with Crippen LogP contribution in [0.5, 0.6) is 0 Å². The Morgan fingerprint density at radius 3 is 2.65 bits per heavy atom. The highest BCUT2D eigenvalue weighted by atomic mass is 16.1. The molecule has 20 heavy (non-hydrogen) atoms. The molecule has 2 atom stereocenters. The third-order valence-electron chi connectivity index (χ3n) is 4.05. The van der Waals surface area contributed by atoms with Gasteiger partial charge in [0.2, 0.25) is 5.91 Å². The summed E-state index contributed by atoms with van der Waals surface area (Å²) in [6.45, 7) is 2.84. The van der Waals surface area contributed by atoms with Crippen LogP contribution >= 0.6 is 0 Å². The monoisotopic (exact) mass is 275 g/mol. The molecule has 4 heteroatoms. The molecule has 1 amide bonds. The Balaban J connectivity index is 1.72. The Kier molecular flexibility index (Phi) is 5.15. The lowest BCUT2D eigenvalue weighted by Gasteiger charge is -2.24. The van der Waals surface area contributed by atoms with Crippen molar-refractivity contribution in [2.24, 2.45) is 5.73 Å². The lowest BCUT2D eigenvalue weighted by molar-refractivity contribution is -0.121. The van der Waals surface area contributed by atoms with Crippen LogP contribution in [0.15, 0.2) is 30.3 Å². The first-order valence-electron chi connectivity index (χ1n) is 7.37. The molecular weight excluding hydrogens is 250 g/mol. The fraction of sp³-hybridized carbons (Fsp3) is 0.562. The maximum atomic E-state index is 11.9. The second-order valence-corrected chi connectivity index (χ2v) is 5.77. The lowest BCUT2D eigenvalue weighted by Crippen LogP contribution is -2.41. The molecule has 0 aliphatic heterocycles. The molecule has 0 bridgehead atoms. The first kappa shape index (κ1) is 15.0. The Morgan fingerprint density at radius 1 is 1.40 bits per heavy atom. The zero-order valence-corrected chi connectivity index (χ0v) is 12.4. The van der Waals surface area contributed by atoms with Crippen LogP contribution in [0.4, 0.5) is 0 Å². The average molecular weight is 275 g/mol. The van der Waals surface area contributed by atoms with Gasteiger partial charge in [0.25, 0.3) is 0 Å². The predicted molar refractivity (Wildman–Crippen MR) is 81.2 cm³/mol. The number of hydrogen-bond donors (Lipinski definition) is 2. The van der Waals surface area contributed by atoms with Gasteiger partial charge < -0.3 is 11.1 Å². The number of carbonyl (C=O) groups excluding carboxylic acids is 1. The highest BCUT2D eigenvalue weighted by Gasteiger charge is 2.29. The Labute approximate surface area is 121 Å².